The first-order chi connectivity index (χ1) is 12.5. The molecule has 8 heteroatoms. The summed E-state index contributed by atoms with van der Waals surface area (Å²) in [4.78, 5) is 30.7. The van der Waals surface area contributed by atoms with Gasteiger partial charge in [0, 0.05) is 22.7 Å². The molecule has 0 amide bonds. The zero-order valence-electron chi connectivity index (χ0n) is 13.5. The molecule has 130 valence electrons. The molecule has 3 aromatic rings. The fourth-order valence-corrected chi connectivity index (χ4v) is 3.35. The SMILES string of the molecule is COc1ccc(-c2csc(C(C#N)C(=O)c3c[nH]c(=O)c(Cl)c3)n2)cc1. The van der Waals surface area contributed by atoms with Gasteiger partial charge in [0.15, 0.2) is 11.7 Å². The number of methoxy groups -OCH3 is 1. The van der Waals surface area contributed by atoms with Crippen molar-refractivity contribution in [2.24, 2.45) is 0 Å². The number of ether oxygens (including phenoxy) is 1. The number of halogens is 1. The van der Waals surface area contributed by atoms with Gasteiger partial charge in [-0.25, -0.2) is 4.98 Å². The van der Waals surface area contributed by atoms with Gasteiger partial charge in [0.1, 0.15) is 15.8 Å². The molecule has 1 aromatic carbocycles. The van der Waals surface area contributed by atoms with Crippen LogP contribution in [0.5, 0.6) is 5.75 Å². The fourth-order valence-electron chi connectivity index (χ4n) is 2.31. The highest BCUT2D eigenvalue weighted by Gasteiger charge is 2.26. The van der Waals surface area contributed by atoms with Crippen molar-refractivity contribution in [3.05, 3.63) is 67.9 Å². The first-order valence-electron chi connectivity index (χ1n) is 7.45. The van der Waals surface area contributed by atoms with Crippen molar-refractivity contribution in [1.82, 2.24) is 9.97 Å². The molecule has 0 aliphatic carbocycles. The molecule has 0 saturated heterocycles. The summed E-state index contributed by atoms with van der Waals surface area (Å²) in [5.74, 6) is -0.820. The number of ketones is 1. The Bertz CT molecular complexity index is 1050. The lowest BCUT2D eigenvalue weighted by Crippen LogP contribution is -2.14. The van der Waals surface area contributed by atoms with Crippen LogP contribution < -0.4 is 10.3 Å². The van der Waals surface area contributed by atoms with Gasteiger partial charge in [-0.15, -0.1) is 11.3 Å². The van der Waals surface area contributed by atoms with E-state index in [1.165, 1.54) is 23.6 Å². The number of nitrogens with one attached hydrogen (secondary N) is 1. The summed E-state index contributed by atoms with van der Waals surface area (Å²) >= 11 is 6.99. The molecular formula is C18H12ClN3O3S. The van der Waals surface area contributed by atoms with Gasteiger partial charge in [0.25, 0.3) is 5.56 Å². The Morgan fingerprint density at radius 2 is 2.12 bits per heavy atom. The molecular weight excluding hydrogens is 374 g/mol. The van der Waals surface area contributed by atoms with Crippen molar-refractivity contribution < 1.29 is 9.53 Å². The van der Waals surface area contributed by atoms with Gasteiger partial charge in [-0.2, -0.15) is 5.26 Å². The normalized spacial score (nSPS) is 11.6. The third kappa shape index (κ3) is 3.52. The second kappa shape index (κ2) is 7.52. The molecule has 0 saturated carbocycles. The van der Waals surface area contributed by atoms with Gasteiger partial charge in [0.2, 0.25) is 0 Å². The van der Waals surface area contributed by atoms with E-state index in [9.17, 15) is 14.9 Å². The molecule has 0 bridgehead atoms. The first-order valence-corrected chi connectivity index (χ1v) is 8.71. The number of H-pyrrole nitrogens is 1. The third-order valence-electron chi connectivity index (χ3n) is 3.69. The third-order valence-corrected chi connectivity index (χ3v) is 4.88. The lowest BCUT2D eigenvalue weighted by Gasteiger charge is -2.05. The van der Waals surface area contributed by atoms with Gasteiger partial charge in [-0.3, -0.25) is 9.59 Å². The maximum absolute atomic E-state index is 12.6. The number of Topliss-reactive ketones (excluding diaryl/α,β-unsaturated/α-hetero) is 1. The number of thiazole rings is 1. The Balaban J connectivity index is 1.90. The lowest BCUT2D eigenvalue weighted by atomic mass is 10.0. The number of nitriles is 1. The average Bonchev–Trinajstić information content (AvgIpc) is 3.14. The van der Waals surface area contributed by atoms with Crippen LogP contribution in [0.3, 0.4) is 0 Å². The van der Waals surface area contributed by atoms with Crippen LogP contribution in [0.2, 0.25) is 5.02 Å². The van der Waals surface area contributed by atoms with E-state index in [1.54, 1.807) is 12.5 Å². The summed E-state index contributed by atoms with van der Waals surface area (Å²) in [6.07, 6.45) is 1.25. The molecule has 26 heavy (non-hydrogen) atoms. The zero-order chi connectivity index (χ0) is 18.7. The highest BCUT2D eigenvalue weighted by atomic mass is 35.5. The van der Waals surface area contributed by atoms with Crippen molar-refractivity contribution in [2.45, 2.75) is 5.92 Å². The Morgan fingerprint density at radius 1 is 1.38 bits per heavy atom. The van der Waals surface area contributed by atoms with E-state index in [2.05, 4.69) is 9.97 Å². The summed E-state index contributed by atoms with van der Waals surface area (Å²) in [5.41, 5.74) is 1.18. The van der Waals surface area contributed by atoms with Crippen molar-refractivity contribution in [3.8, 4) is 23.1 Å². The van der Waals surface area contributed by atoms with E-state index in [4.69, 9.17) is 16.3 Å². The van der Waals surface area contributed by atoms with Gasteiger partial charge in [0.05, 0.1) is 18.9 Å². The molecule has 2 heterocycles. The number of nitrogens with zero attached hydrogens (tertiary/aromatic N) is 2. The van der Waals surface area contributed by atoms with E-state index in [0.29, 0.717) is 10.7 Å². The largest absolute Gasteiger partial charge is 0.497 e. The first kappa shape index (κ1) is 17.9. The minimum absolute atomic E-state index is 0.106. The predicted octanol–water partition coefficient (Wildman–Crippen LogP) is 3.65. The second-order valence-electron chi connectivity index (χ2n) is 5.29. The summed E-state index contributed by atoms with van der Waals surface area (Å²) in [7, 11) is 1.59. The van der Waals surface area contributed by atoms with Crippen LogP contribution >= 0.6 is 22.9 Å². The molecule has 0 aliphatic rings. The van der Waals surface area contributed by atoms with E-state index >= 15 is 0 Å². The molecule has 1 N–H and O–H groups in total. The number of benzene rings is 1. The number of carbonyl (C=O) groups excluding carboxylic acids is 1. The van der Waals surface area contributed by atoms with Crippen LogP contribution in [0.25, 0.3) is 11.3 Å². The van der Waals surface area contributed by atoms with Crippen LogP contribution in [0.15, 0.2) is 46.7 Å². The van der Waals surface area contributed by atoms with Crippen molar-refractivity contribution >= 4 is 28.7 Å². The van der Waals surface area contributed by atoms with Crippen molar-refractivity contribution in [3.63, 3.8) is 0 Å². The van der Waals surface area contributed by atoms with E-state index < -0.39 is 17.3 Å². The maximum Gasteiger partial charge on any atom is 0.266 e. The number of carbonyl (C=O) groups is 1. The molecule has 3 rings (SSSR count). The number of rotatable bonds is 5. The zero-order valence-corrected chi connectivity index (χ0v) is 15.1. The Labute approximate surface area is 157 Å². The molecule has 0 aliphatic heterocycles. The minimum atomic E-state index is -1.08. The average molecular weight is 386 g/mol. The molecule has 1 atom stereocenters. The van der Waals surface area contributed by atoms with E-state index in [1.807, 2.05) is 30.3 Å². The summed E-state index contributed by atoms with van der Waals surface area (Å²) in [6.45, 7) is 0. The van der Waals surface area contributed by atoms with Gasteiger partial charge >= 0.3 is 0 Å². The lowest BCUT2D eigenvalue weighted by molar-refractivity contribution is 0.0978. The number of aromatic amines is 1. The molecule has 0 spiro atoms. The molecule has 1 unspecified atom stereocenters. The molecule has 6 nitrogen and oxygen atoms in total. The van der Waals surface area contributed by atoms with Gasteiger partial charge in [-0.05, 0) is 30.3 Å². The van der Waals surface area contributed by atoms with Crippen molar-refractivity contribution in [2.75, 3.05) is 7.11 Å². The highest BCUT2D eigenvalue weighted by molar-refractivity contribution is 7.10. The summed E-state index contributed by atoms with van der Waals surface area (Å²) in [6, 6.07) is 10.5. The maximum atomic E-state index is 12.6. The van der Waals surface area contributed by atoms with Crippen LogP contribution in [0.1, 0.15) is 21.3 Å². The molecule has 0 fully saturated rings. The van der Waals surface area contributed by atoms with Gasteiger partial charge < -0.3 is 9.72 Å². The number of hydrogen-bond acceptors (Lipinski definition) is 6. The summed E-state index contributed by atoms with van der Waals surface area (Å²) in [5, 5.41) is 11.5. The van der Waals surface area contributed by atoms with Crippen molar-refractivity contribution in [1.29, 1.82) is 5.26 Å². The second-order valence-corrected chi connectivity index (χ2v) is 6.59. The minimum Gasteiger partial charge on any atom is -0.497 e. The Hall–Kier alpha value is -2.95. The molecule has 2 aromatic heterocycles. The smallest absolute Gasteiger partial charge is 0.266 e. The van der Waals surface area contributed by atoms with Crippen LogP contribution in [-0.4, -0.2) is 22.9 Å². The predicted molar refractivity (Wildman–Crippen MR) is 98.9 cm³/mol. The van der Waals surface area contributed by atoms with Crippen LogP contribution in [-0.2, 0) is 0 Å². The summed E-state index contributed by atoms with van der Waals surface area (Å²) < 4.78 is 5.12. The number of aromatic nitrogens is 2. The Morgan fingerprint density at radius 3 is 2.73 bits per heavy atom. The highest BCUT2D eigenvalue weighted by Crippen LogP contribution is 2.29. The fraction of sp³-hybridized carbons (Fsp3) is 0.111. The quantitative estimate of drug-likeness (QED) is 0.676. The number of hydrogen-bond donors (Lipinski definition) is 1. The number of pyridine rings is 1. The van der Waals surface area contributed by atoms with Crippen LogP contribution in [0.4, 0.5) is 0 Å². The monoisotopic (exact) mass is 385 g/mol. The van der Waals surface area contributed by atoms with E-state index in [-0.39, 0.29) is 10.6 Å². The van der Waals surface area contributed by atoms with Gasteiger partial charge in [-0.1, -0.05) is 11.6 Å². The Kier molecular flexibility index (Phi) is 5.16. The molecule has 0 radical (unpaired) electrons. The van der Waals surface area contributed by atoms with E-state index in [0.717, 1.165) is 11.3 Å². The standard InChI is InChI=1S/C18H12ClN3O3S/c1-25-12-4-2-10(3-5-12)15-9-26-18(22-15)13(7-20)16(23)11-6-14(19)17(24)21-8-11/h2-6,8-9,13H,1H3,(H,21,24). The topological polar surface area (TPSA) is 95.8 Å². The van der Waals surface area contributed by atoms with Crippen LogP contribution in [0, 0.1) is 11.3 Å².